The predicted octanol–water partition coefficient (Wildman–Crippen LogP) is 3.54. The second kappa shape index (κ2) is 6.70. The number of benzene rings is 1. The van der Waals surface area contributed by atoms with Gasteiger partial charge in [-0.2, -0.15) is 0 Å². The maximum Gasteiger partial charge on any atom is 0.146 e. The van der Waals surface area contributed by atoms with Crippen molar-refractivity contribution in [2.45, 2.75) is 12.5 Å². The third kappa shape index (κ3) is 2.91. The van der Waals surface area contributed by atoms with E-state index >= 15 is 0 Å². The van der Waals surface area contributed by atoms with E-state index in [4.69, 9.17) is 5.73 Å². The van der Waals surface area contributed by atoms with Gasteiger partial charge in [0.15, 0.2) is 0 Å². The van der Waals surface area contributed by atoms with Crippen molar-refractivity contribution in [3.8, 4) is 0 Å². The molecule has 3 rings (SSSR count). The minimum atomic E-state index is -0.288. The van der Waals surface area contributed by atoms with E-state index in [0.717, 1.165) is 10.9 Å². The van der Waals surface area contributed by atoms with E-state index in [0.29, 0.717) is 18.5 Å². The van der Waals surface area contributed by atoms with E-state index in [-0.39, 0.29) is 24.3 Å². The summed E-state index contributed by atoms with van der Waals surface area (Å²) in [6, 6.07) is 11.7. The Morgan fingerprint density at radius 2 is 2.00 bits per heavy atom. The first kappa shape index (κ1) is 15.5. The molecule has 2 N–H and O–H groups in total. The van der Waals surface area contributed by atoms with Crippen molar-refractivity contribution in [3.63, 3.8) is 0 Å². The summed E-state index contributed by atoms with van der Waals surface area (Å²) < 4.78 is 16.1. The molecule has 110 valence electrons. The Morgan fingerprint density at radius 3 is 2.76 bits per heavy atom. The summed E-state index contributed by atoms with van der Waals surface area (Å²) in [5, 5.41) is 1.14. The SMILES string of the molecule is Cl.NCCC(c1ccncc1F)n1ccc2ccccc21. The van der Waals surface area contributed by atoms with Crippen molar-refractivity contribution in [2.75, 3.05) is 6.54 Å². The highest BCUT2D eigenvalue weighted by molar-refractivity contribution is 5.85. The molecule has 0 saturated heterocycles. The van der Waals surface area contributed by atoms with Gasteiger partial charge in [0.1, 0.15) is 5.82 Å². The summed E-state index contributed by atoms with van der Waals surface area (Å²) in [6.45, 7) is 0.499. The molecule has 3 aromatic rings. The normalized spacial score (nSPS) is 12.1. The zero-order valence-corrected chi connectivity index (χ0v) is 12.3. The Bertz CT molecular complexity index is 726. The fraction of sp³-hybridized carbons (Fsp3) is 0.188. The van der Waals surface area contributed by atoms with E-state index in [2.05, 4.69) is 9.55 Å². The standard InChI is InChI=1S/C16H16FN3.ClH/c17-14-11-19-9-6-13(14)16(5-8-18)20-10-7-12-3-1-2-4-15(12)20;/h1-4,6-7,9-11,16H,5,8,18H2;1H. The van der Waals surface area contributed by atoms with E-state index in [9.17, 15) is 4.39 Å². The lowest BCUT2D eigenvalue weighted by Crippen LogP contribution is -2.16. The largest absolute Gasteiger partial charge is 0.340 e. The highest BCUT2D eigenvalue weighted by Gasteiger charge is 2.18. The molecule has 2 aromatic heterocycles. The molecule has 0 saturated carbocycles. The molecule has 0 radical (unpaired) electrons. The molecular weight excluding hydrogens is 289 g/mol. The van der Waals surface area contributed by atoms with E-state index in [1.54, 1.807) is 12.3 Å². The smallest absolute Gasteiger partial charge is 0.146 e. The molecule has 3 nitrogen and oxygen atoms in total. The number of aromatic nitrogens is 2. The number of hydrogen-bond donors (Lipinski definition) is 1. The second-order valence-electron chi connectivity index (χ2n) is 4.77. The number of nitrogens with two attached hydrogens (primary N) is 1. The molecular formula is C16H17ClFN3. The van der Waals surface area contributed by atoms with Crippen LogP contribution >= 0.6 is 12.4 Å². The van der Waals surface area contributed by atoms with Gasteiger partial charge in [-0.05, 0) is 36.6 Å². The van der Waals surface area contributed by atoms with Gasteiger partial charge in [0.2, 0.25) is 0 Å². The Balaban J connectivity index is 0.00000161. The quantitative estimate of drug-likeness (QED) is 0.801. The number of nitrogens with zero attached hydrogens (tertiary/aromatic N) is 2. The van der Waals surface area contributed by atoms with E-state index in [1.165, 1.54) is 6.20 Å². The molecule has 1 atom stereocenters. The third-order valence-electron chi connectivity index (χ3n) is 3.57. The monoisotopic (exact) mass is 305 g/mol. The fourth-order valence-electron chi connectivity index (χ4n) is 2.63. The number of para-hydroxylation sites is 1. The number of halogens is 2. The van der Waals surface area contributed by atoms with Crippen LogP contribution in [0.3, 0.4) is 0 Å². The molecule has 0 amide bonds. The lowest BCUT2D eigenvalue weighted by molar-refractivity contribution is 0.515. The Hall–Kier alpha value is -1.91. The van der Waals surface area contributed by atoms with Crippen LogP contribution in [0.2, 0.25) is 0 Å². The molecule has 0 fully saturated rings. The highest BCUT2D eigenvalue weighted by atomic mass is 35.5. The molecule has 0 spiro atoms. The predicted molar refractivity (Wildman–Crippen MR) is 85.2 cm³/mol. The molecule has 0 aliphatic carbocycles. The molecule has 0 aliphatic heterocycles. The number of rotatable bonds is 4. The van der Waals surface area contributed by atoms with Crippen molar-refractivity contribution >= 4 is 23.3 Å². The number of fused-ring (bicyclic) bond motifs is 1. The van der Waals surface area contributed by atoms with Gasteiger partial charge in [-0.15, -0.1) is 12.4 Å². The van der Waals surface area contributed by atoms with Crippen LogP contribution in [0, 0.1) is 5.82 Å². The van der Waals surface area contributed by atoms with Crippen LogP contribution in [-0.2, 0) is 0 Å². The first-order chi connectivity index (χ1) is 9.81. The Kier molecular flexibility index (Phi) is 4.94. The third-order valence-corrected chi connectivity index (χ3v) is 3.57. The van der Waals surface area contributed by atoms with Gasteiger partial charge in [-0.3, -0.25) is 4.98 Å². The van der Waals surface area contributed by atoms with Crippen LogP contribution in [0.4, 0.5) is 4.39 Å². The van der Waals surface area contributed by atoms with Gasteiger partial charge >= 0.3 is 0 Å². The van der Waals surface area contributed by atoms with E-state index < -0.39 is 0 Å². The molecule has 0 bridgehead atoms. The van der Waals surface area contributed by atoms with Crippen molar-refractivity contribution in [3.05, 3.63) is 66.4 Å². The van der Waals surface area contributed by atoms with Gasteiger partial charge < -0.3 is 10.3 Å². The van der Waals surface area contributed by atoms with Crippen LogP contribution in [0.15, 0.2) is 55.0 Å². The minimum absolute atomic E-state index is 0. The molecule has 1 aromatic carbocycles. The summed E-state index contributed by atoms with van der Waals surface area (Å²) in [7, 11) is 0. The van der Waals surface area contributed by atoms with E-state index in [1.807, 2.05) is 36.5 Å². The van der Waals surface area contributed by atoms with Crippen molar-refractivity contribution in [2.24, 2.45) is 5.73 Å². The minimum Gasteiger partial charge on any atom is -0.340 e. The Morgan fingerprint density at radius 1 is 1.19 bits per heavy atom. The molecule has 0 aliphatic rings. The van der Waals surface area contributed by atoms with Crippen molar-refractivity contribution in [1.82, 2.24) is 9.55 Å². The van der Waals surface area contributed by atoms with Crippen molar-refractivity contribution in [1.29, 1.82) is 0 Å². The van der Waals surface area contributed by atoms with Crippen LogP contribution in [0.5, 0.6) is 0 Å². The van der Waals surface area contributed by atoms with Crippen LogP contribution < -0.4 is 5.73 Å². The zero-order valence-electron chi connectivity index (χ0n) is 11.4. The van der Waals surface area contributed by atoms with Gasteiger partial charge in [0.25, 0.3) is 0 Å². The number of pyridine rings is 1. The van der Waals surface area contributed by atoms with Gasteiger partial charge in [-0.25, -0.2) is 4.39 Å². The van der Waals surface area contributed by atoms with Crippen LogP contribution in [0.1, 0.15) is 18.0 Å². The van der Waals surface area contributed by atoms with Crippen LogP contribution in [0.25, 0.3) is 10.9 Å². The fourth-order valence-corrected chi connectivity index (χ4v) is 2.63. The topological polar surface area (TPSA) is 43.8 Å². The first-order valence-electron chi connectivity index (χ1n) is 6.66. The van der Waals surface area contributed by atoms with Crippen molar-refractivity contribution < 1.29 is 4.39 Å². The summed E-state index contributed by atoms with van der Waals surface area (Å²) in [6.07, 6.45) is 5.54. The van der Waals surface area contributed by atoms with Crippen LogP contribution in [-0.4, -0.2) is 16.1 Å². The summed E-state index contributed by atoms with van der Waals surface area (Å²) in [5.74, 6) is -0.288. The summed E-state index contributed by atoms with van der Waals surface area (Å²) in [4.78, 5) is 3.82. The summed E-state index contributed by atoms with van der Waals surface area (Å²) in [5.41, 5.74) is 7.43. The molecule has 5 heteroatoms. The second-order valence-corrected chi connectivity index (χ2v) is 4.77. The summed E-state index contributed by atoms with van der Waals surface area (Å²) >= 11 is 0. The maximum atomic E-state index is 14.0. The molecule has 2 heterocycles. The lowest BCUT2D eigenvalue weighted by atomic mass is 10.0. The average molecular weight is 306 g/mol. The average Bonchev–Trinajstić information content (AvgIpc) is 2.90. The number of hydrogen-bond acceptors (Lipinski definition) is 2. The highest BCUT2D eigenvalue weighted by Crippen LogP contribution is 2.28. The van der Waals surface area contributed by atoms with Gasteiger partial charge in [0, 0.05) is 23.5 Å². The zero-order chi connectivity index (χ0) is 13.9. The molecule has 21 heavy (non-hydrogen) atoms. The maximum absolute atomic E-state index is 14.0. The van der Waals surface area contributed by atoms with Gasteiger partial charge in [-0.1, -0.05) is 18.2 Å². The Labute approximate surface area is 129 Å². The van der Waals surface area contributed by atoms with Gasteiger partial charge in [0.05, 0.1) is 12.2 Å². The lowest BCUT2D eigenvalue weighted by Gasteiger charge is -2.20. The first-order valence-corrected chi connectivity index (χ1v) is 6.66. The molecule has 1 unspecified atom stereocenters.